The maximum Gasteiger partial charge on any atom is 0.127 e. The van der Waals surface area contributed by atoms with Crippen molar-refractivity contribution in [2.45, 2.75) is 25.3 Å². The average molecular weight is 274 g/mol. The highest BCUT2D eigenvalue weighted by Crippen LogP contribution is 2.32. The molecule has 1 aliphatic rings. The second-order valence-electron chi connectivity index (χ2n) is 5.68. The highest BCUT2D eigenvalue weighted by molar-refractivity contribution is 5.80. The smallest absolute Gasteiger partial charge is 0.127 e. The molecule has 0 radical (unpaired) electrons. The van der Waals surface area contributed by atoms with Crippen molar-refractivity contribution < 1.29 is 0 Å². The van der Waals surface area contributed by atoms with E-state index in [1.807, 2.05) is 6.07 Å². The summed E-state index contributed by atoms with van der Waals surface area (Å²) in [6.07, 6.45) is 3.60. The van der Waals surface area contributed by atoms with E-state index in [9.17, 15) is 0 Å². The first-order valence-electron chi connectivity index (χ1n) is 7.60. The molecule has 104 valence electrons. The average Bonchev–Trinajstić information content (AvgIpc) is 2.55. The molecule has 2 nitrogen and oxygen atoms in total. The van der Waals surface area contributed by atoms with Gasteiger partial charge < -0.3 is 5.32 Å². The predicted octanol–water partition coefficient (Wildman–Crippen LogP) is 4.72. The van der Waals surface area contributed by atoms with Crippen molar-refractivity contribution in [1.29, 1.82) is 0 Å². The Labute approximate surface area is 124 Å². The Morgan fingerprint density at radius 2 is 1.76 bits per heavy atom. The lowest BCUT2D eigenvalue weighted by Gasteiger charge is -2.26. The van der Waals surface area contributed by atoms with Gasteiger partial charge in [-0.05, 0) is 48.6 Å². The molecule has 1 aliphatic carbocycles. The lowest BCUT2D eigenvalue weighted by Crippen LogP contribution is -2.17. The highest BCUT2D eigenvalue weighted by atomic mass is 15.0. The number of pyridine rings is 1. The molecule has 2 heteroatoms. The Bertz CT molecular complexity index is 779. The summed E-state index contributed by atoms with van der Waals surface area (Å²) in [5.74, 6) is 0.968. The quantitative estimate of drug-likeness (QED) is 0.731. The Morgan fingerprint density at radius 1 is 0.905 bits per heavy atom. The van der Waals surface area contributed by atoms with Crippen LogP contribution in [0.25, 0.3) is 10.9 Å². The standard InChI is InChI=1S/C19H18N2/c1-3-9-16-14(6-1)8-5-11-18(16)21-19-13-12-15-7-2-4-10-17(15)20-19/h1-4,6-7,9-10,12-13,18H,5,8,11H2,(H,20,21). The van der Waals surface area contributed by atoms with E-state index in [-0.39, 0.29) is 0 Å². The molecule has 1 N–H and O–H groups in total. The number of hydrogen-bond donors (Lipinski definition) is 1. The topological polar surface area (TPSA) is 24.9 Å². The van der Waals surface area contributed by atoms with Gasteiger partial charge in [-0.1, -0.05) is 42.5 Å². The molecule has 2 aromatic carbocycles. The van der Waals surface area contributed by atoms with Crippen LogP contribution in [0, 0.1) is 0 Å². The molecule has 0 fully saturated rings. The van der Waals surface area contributed by atoms with Crippen LogP contribution in [-0.2, 0) is 6.42 Å². The van der Waals surface area contributed by atoms with E-state index in [0.29, 0.717) is 6.04 Å². The van der Waals surface area contributed by atoms with Gasteiger partial charge in [0.05, 0.1) is 11.6 Å². The molecule has 1 aromatic heterocycles. The number of aromatic nitrogens is 1. The molecule has 0 bridgehead atoms. The molecule has 0 saturated carbocycles. The fourth-order valence-electron chi connectivity index (χ4n) is 3.23. The van der Waals surface area contributed by atoms with Gasteiger partial charge in [0.1, 0.15) is 5.82 Å². The zero-order valence-corrected chi connectivity index (χ0v) is 11.9. The maximum absolute atomic E-state index is 4.73. The second-order valence-corrected chi connectivity index (χ2v) is 5.68. The fourth-order valence-corrected chi connectivity index (χ4v) is 3.23. The summed E-state index contributed by atoms with van der Waals surface area (Å²) in [6, 6.07) is 21.6. The number of para-hydroxylation sites is 1. The molecule has 0 saturated heterocycles. The highest BCUT2D eigenvalue weighted by Gasteiger charge is 2.19. The molecule has 21 heavy (non-hydrogen) atoms. The van der Waals surface area contributed by atoms with Gasteiger partial charge in [0.2, 0.25) is 0 Å². The van der Waals surface area contributed by atoms with Crippen molar-refractivity contribution in [2.24, 2.45) is 0 Å². The van der Waals surface area contributed by atoms with E-state index in [0.717, 1.165) is 11.3 Å². The number of nitrogens with one attached hydrogen (secondary N) is 1. The fraction of sp³-hybridized carbons (Fsp3) is 0.211. The van der Waals surface area contributed by atoms with E-state index in [2.05, 4.69) is 59.9 Å². The Hall–Kier alpha value is -2.35. The zero-order valence-electron chi connectivity index (χ0n) is 11.9. The van der Waals surface area contributed by atoms with Gasteiger partial charge in [-0.25, -0.2) is 4.98 Å². The lowest BCUT2D eigenvalue weighted by atomic mass is 9.88. The van der Waals surface area contributed by atoms with Crippen LogP contribution < -0.4 is 5.32 Å². The van der Waals surface area contributed by atoms with Gasteiger partial charge in [0, 0.05) is 5.39 Å². The zero-order chi connectivity index (χ0) is 14.1. The summed E-state index contributed by atoms with van der Waals surface area (Å²) in [5.41, 5.74) is 3.95. The van der Waals surface area contributed by atoms with Crippen LogP contribution >= 0.6 is 0 Å². The minimum absolute atomic E-state index is 0.378. The molecule has 0 aliphatic heterocycles. The predicted molar refractivity (Wildman–Crippen MR) is 87.5 cm³/mol. The maximum atomic E-state index is 4.73. The van der Waals surface area contributed by atoms with E-state index < -0.39 is 0 Å². The molecular weight excluding hydrogens is 256 g/mol. The molecular formula is C19H18N2. The molecule has 0 spiro atoms. The third-order valence-electron chi connectivity index (χ3n) is 4.29. The number of nitrogens with zero attached hydrogens (tertiary/aromatic N) is 1. The van der Waals surface area contributed by atoms with Crippen LogP contribution in [0.3, 0.4) is 0 Å². The molecule has 1 heterocycles. The number of benzene rings is 2. The van der Waals surface area contributed by atoms with Crippen LogP contribution in [-0.4, -0.2) is 4.98 Å². The Balaban J connectivity index is 1.66. The Morgan fingerprint density at radius 3 is 2.76 bits per heavy atom. The van der Waals surface area contributed by atoms with Gasteiger partial charge in [-0.15, -0.1) is 0 Å². The monoisotopic (exact) mass is 274 g/mol. The summed E-state index contributed by atoms with van der Waals surface area (Å²) >= 11 is 0. The first-order valence-corrected chi connectivity index (χ1v) is 7.60. The summed E-state index contributed by atoms with van der Waals surface area (Å²) in [5, 5.41) is 4.81. The summed E-state index contributed by atoms with van der Waals surface area (Å²) in [4.78, 5) is 4.73. The van der Waals surface area contributed by atoms with E-state index in [1.165, 1.54) is 35.8 Å². The number of hydrogen-bond acceptors (Lipinski definition) is 2. The van der Waals surface area contributed by atoms with Crippen molar-refractivity contribution >= 4 is 16.7 Å². The lowest BCUT2D eigenvalue weighted by molar-refractivity contribution is 0.599. The van der Waals surface area contributed by atoms with E-state index >= 15 is 0 Å². The van der Waals surface area contributed by atoms with Crippen LogP contribution in [0.1, 0.15) is 30.0 Å². The molecule has 4 rings (SSSR count). The van der Waals surface area contributed by atoms with Crippen molar-refractivity contribution in [1.82, 2.24) is 4.98 Å². The number of aryl methyl sites for hydroxylation is 1. The van der Waals surface area contributed by atoms with E-state index in [4.69, 9.17) is 4.98 Å². The van der Waals surface area contributed by atoms with Crippen LogP contribution in [0.2, 0.25) is 0 Å². The summed E-state index contributed by atoms with van der Waals surface area (Å²) < 4.78 is 0. The molecule has 1 atom stereocenters. The van der Waals surface area contributed by atoms with Gasteiger partial charge in [0.25, 0.3) is 0 Å². The van der Waals surface area contributed by atoms with Crippen molar-refractivity contribution in [3.8, 4) is 0 Å². The SMILES string of the molecule is c1ccc2c(c1)CCCC2Nc1ccc2ccccc2n1. The second kappa shape index (κ2) is 5.21. The summed E-state index contributed by atoms with van der Waals surface area (Å²) in [6.45, 7) is 0. The van der Waals surface area contributed by atoms with Crippen LogP contribution in [0.4, 0.5) is 5.82 Å². The summed E-state index contributed by atoms with van der Waals surface area (Å²) in [7, 11) is 0. The Kier molecular flexibility index (Phi) is 3.07. The van der Waals surface area contributed by atoms with Gasteiger partial charge in [-0.3, -0.25) is 0 Å². The molecule has 3 aromatic rings. The van der Waals surface area contributed by atoms with Gasteiger partial charge in [0.15, 0.2) is 0 Å². The number of rotatable bonds is 2. The van der Waals surface area contributed by atoms with Crippen molar-refractivity contribution in [2.75, 3.05) is 5.32 Å². The first kappa shape index (κ1) is 12.4. The normalized spacial score (nSPS) is 17.4. The number of anilines is 1. The minimum atomic E-state index is 0.378. The van der Waals surface area contributed by atoms with Crippen molar-refractivity contribution in [3.63, 3.8) is 0 Å². The molecule has 1 unspecified atom stereocenters. The number of fused-ring (bicyclic) bond motifs is 2. The van der Waals surface area contributed by atoms with Gasteiger partial charge >= 0.3 is 0 Å². The minimum Gasteiger partial charge on any atom is -0.363 e. The third-order valence-corrected chi connectivity index (χ3v) is 4.29. The van der Waals surface area contributed by atoms with Gasteiger partial charge in [-0.2, -0.15) is 0 Å². The van der Waals surface area contributed by atoms with E-state index in [1.54, 1.807) is 0 Å². The largest absolute Gasteiger partial charge is 0.363 e. The van der Waals surface area contributed by atoms with Crippen molar-refractivity contribution in [3.05, 3.63) is 71.8 Å². The van der Waals surface area contributed by atoms with Crippen LogP contribution in [0.15, 0.2) is 60.7 Å². The van der Waals surface area contributed by atoms with Crippen LogP contribution in [0.5, 0.6) is 0 Å². The molecule has 0 amide bonds. The third kappa shape index (κ3) is 2.38. The first-order chi connectivity index (χ1) is 10.4.